The van der Waals surface area contributed by atoms with E-state index in [-0.39, 0.29) is 11.8 Å². The summed E-state index contributed by atoms with van der Waals surface area (Å²) in [6.45, 7) is 2.01. The Hall–Kier alpha value is -3.01. The standard InChI is InChI=1S/C18H12N2O2/c1-11-8-9-19-16-10-12(6-7-13(11)16)20-17(21)14-4-2-3-5-15(14)18(20)22/h2-10H,1H3. The van der Waals surface area contributed by atoms with Crippen LogP contribution in [-0.2, 0) is 0 Å². The Kier molecular flexibility index (Phi) is 2.60. The van der Waals surface area contributed by atoms with Crippen molar-refractivity contribution < 1.29 is 9.59 Å². The lowest BCUT2D eigenvalue weighted by Crippen LogP contribution is -2.29. The minimum atomic E-state index is -0.285. The average molecular weight is 288 g/mol. The summed E-state index contributed by atoms with van der Waals surface area (Å²) in [7, 11) is 0. The molecule has 106 valence electrons. The number of nitrogens with zero attached hydrogens (tertiary/aromatic N) is 2. The van der Waals surface area contributed by atoms with Gasteiger partial charge in [0.1, 0.15) is 0 Å². The number of carbonyl (C=O) groups excluding carboxylic acids is 2. The number of rotatable bonds is 1. The summed E-state index contributed by atoms with van der Waals surface area (Å²) < 4.78 is 0. The van der Waals surface area contributed by atoms with Crippen LogP contribution in [0.3, 0.4) is 0 Å². The van der Waals surface area contributed by atoms with Crippen LogP contribution in [0.5, 0.6) is 0 Å². The van der Waals surface area contributed by atoms with Crippen LogP contribution in [-0.4, -0.2) is 16.8 Å². The van der Waals surface area contributed by atoms with Gasteiger partial charge in [-0.1, -0.05) is 18.2 Å². The molecule has 0 saturated carbocycles. The highest BCUT2D eigenvalue weighted by molar-refractivity contribution is 6.34. The molecule has 4 rings (SSSR count). The van der Waals surface area contributed by atoms with Gasteiger partial charge in [0.25, 0.3) is 11.8 Å². The predicted molar refractivity (Wildman–Crippen MR) is 84.1 cm³/mol. The summed E-state index contributed by atoms with van der Waals surface area (Å²) >= 11 is 0. The first-order chi connectivity index (χ1) is 10.7. The number of hydrogen-bond donors (Lipinski definition) is 0. The van der Waals surface area contributed by atoms with Crippen LogP contribution >= 0.6 is 0 Å². The molecule has 0 saturated heterocycles. The largest absolute Gasteiger partial charge is 0.268 e. The second-order valence-electron chi connectivity index (χ2n) is 5.32. The Balaban J connectivity index is 1.87. The summed E-state index contributed by atoms with van der Waals surface area (Å²) in [5.74, 6) is -0.569. The monoisotopic (exact) mass is 288 g/mol. The minimum absolute atomic E-state index is 0.285. The maximum Gasteiger partial charge on any atom is 0.266 e. The van der Waals surface area contributed by atoms with Gasteiger partial charge in [0.2, 0.25) is 0 Å². The zero-order valence-corrected chi connectivity index (χ0v) is 11.9. The smallest absolute Gasteiger partial charge is 0.266 e. The van der Waals surface area contributed by atoms with Gasteiger partial charge in [-0.15, -0.1) is 0 Å². The number of amides is 2. The Bertz CT molecular complexity index is 912. The van der Waals surface area contributed by atoms with Gasteiger partial charge >= 0.3 is 0 Å². The molecule has 0 aliphatic carbocycles. The number of fused-ring (bicyclic) bond motifs is 2. The van der Waals surface area contributed by atoms with Crippen molar-refractivity contribution in [2.45, 2.75) is 6.92 Å². The van der Waals surface area contributed by atoms with Crippen molar-refractivity contribution in [1.82, 2.24) is 4.98 Å². The minimum Gasteiger partial charge on any atom is -0.268 e. The van der Waals surface area contributed by atoms with E-state index in [1.54, 1.807) is 42.6 Å². The van der Waals surface area contributed by atoms with Crippen LogP contribution in [0, 0.1) is 6.92 Å². The van der Waals surface area contributed by atoms with Gasteiger partial charge in [-0.2, -0.15) is 0 Å². The maximum absolute atomic E-state index is 12.5. The molecule has 0 bridgehead atoms. The molecule has 1 aromatic heterocycles. The van der Waals surface area contributed by atoms with Crippen molar-refractivity contribution >= 4 is 28.4 Å². The third-order valence-electron chi connectivity index (χ3n) is 4.00. The SMILES string of the molecule is Cc1ccnc2cc(N3C(=O)c4ccccc4C3=O)ccc12. The number of carbonyl (C=O) groups is 2. The van der Waals surface area contributed by atoms with Gasteiger partial charge in [0, 0.05) is 11.6 Å². The van der Waals surface area contributed by atoms with Crippen LogP contribution in [0.2, 0.25) is 0 Å². The lowest BCUT2D eigenvalue weighted by Gasteiger charge is -2.14. The summed E-state index contributed by atoms with van der Waals surface area (Å²) in [6, 6.07) is 14.3. The van der Waals surface area contributed by atoms with Gasteiger partial charge in [-0.25, -0.2) is 4.90 Å². The number of benzene rings is 2. The van der Waals surface area contributed by atoms with Crippen molar-refractivity contribution in [1.29, 1.82) is 0 Å². The molecule has 0 atom stereocenters. The molecule has 2 heterocycles. The summed E-state index contributed by atoms with van der Waals surface area (Å²) in [5.41, 5.74) is 3.33. The fraction of sp³-hybridized carbons (Fsp3) is 0.0556. The van der Waals surface area contributed by atoms with Crippen molar-refractivity contribution in [2.75, 3.05) is 4.90 Å². The van der Waals surface area contributed by atoms with Crippen molar-refractivity contribution in [3.05, 3.63) is 71.4 Å². The van der Waals surface area contributed by atoms with E-state index in [1.165, 1.54) is 4.90 Å². The molecule has 4 nitrogen and oxygen atoms in total. The Morgan fingerprint density at radius 3 is 2.27 bits per heavy atom. The topological polar surface area (TPSA) is 50.3 Å². The molecule has 0 spiro atoms. The molecule has 0 N–H and O–H groups in total. The maximum atomic E-state index is 12.5. The first kappa shape index (κ1) is 12.7. The van der Waals surface area contributed by atoms with Crippen LogP contribution < -0.4 is 4.90 Å². The fourth-order valence-corrected chi connectivity index (χ4v) is 2.84. The van der Waals surface area contributed by atoms with Gasteiger partial charge < -0.3 is 0 Å². The highest BCUT2D eigenvalue weighted by Gasteiger charge is 2.36. The Morgan fingerprint density at radius 2 is 1.59 bits per heavy atom. The zero-order valence-electron chi connectivity index (χ0n) is 11.9. The van der Waals surface area contributed by atoms with Crippen molar-refractivity contribution in [2.24, 2.45) is 0 Å². The predicted octanol–water partition coefficient (Wildman–Crippen LogP) is 3.34. The molecular formula is C18H12N2O2. The molecule has 0 unspecified atom stereocenters. The molecule has 1 aliphatic rings. The quantitative estimate of drug-likeness (QED) is 0.645. The molecule has 22 heavy (non-hydrogen) atoms. The van der Waals surface area contributed by atoms with Crippen LogP contribution in [0.4, 0.5) is 5.69 Å². The Morgan fingerprint density at radius 1 is 0.909 bits per heavy atom. The fourth-order valence-electron chi connectivity index (χ4n) is 2.84. The van der Waals surface area contributed by atoms with Crippen molar-refractivity contribution in [3.63, 3.8) is 0 Å². The molecule has 0 fully saturated rings. The van der Waals surface area contributed by atoms with Gasteiger partial charge in [-0.3, -0.25) is 14.6 Å². The van der Waals surface area contributed by atoms with Crippen LogP contribution in [0.1, 0.15) is 26.3 Å². The second-order valence-corrected chi connectivity index (χ2v) is 5.32. The van der Waals surface area contributed by atoms with Crippen LogP contribution in [0.15, 0.2) is 54.7 Å². The van der Waals surface area contributed by atoms with Gasteiger partial charge in [0.15, 0.2) is 0 Å². The highest BCUT2D eigenvalue weighted by Crippen LogP contribution is 2.30. The highest BCUT2D eigenvalue weighted by atomic mass is 16.2. The van der Waals surface area contributed by atoms with E-state index in [4.69, 9.17) is 0 Å². The summed E-state index contributed by atoms with van der Waals surface area (Å²) in [5, 5.41) is 1.02. The van der Waals surface area contributed by atoms with Crippen LogP contribution in [0.25, 0.3) is 10.9 Å². The Labute approximate surface area is 127 Å². The van der Waals surface area contributed by atoms with E-state index in [0.717, 1.165) is 16.5 Å². The van der Waals surface area contributed by atoms with E-state index in [0.29, 0.717) is 16.8 Å². The molecular weight excluding hydrogens is 276 g/mol. The third kappa shape index (κ3) is 1.67. The number of pyridine rings is 1. The first-order valence-electron chi connectivity index (χ1n) is 7.00. The normalized spacial score (nSPS) is 13.8. The van der Waals surface area contributed by atoms with E-state index >= 15 is 0 Å². The molecule has 0 radical (unpaired) electrons. The third-order valence-corrected chi connectivity index (χ3v) is 4.00. The molecule has 2 amide bonds. The van der Waals surface area contributed by atoms with E-state index in [1.807, 2.05) is 19.1 Å². The lowest BCUT2D eigenvalue weighted by molar-refractivity contribution is 0.0926. The van der Waals surface area contributed by atoms with Crippen molar-refractivity contribution in [3.8, 4) is 0 Å². The molecule has 2 aromatic carbocycles. The average Bonchev–Trinajstić information content (AvgIpc) is 2.79. The number of anilines is 1. The van der Waals surface area contributed by atoms with E-state index < -0.39 is 0 Å². The molecule has 1 aliphatic heterocycles. The number of hydrogen-bond acceptors (Lipinski definition) is 3. The molecule has 4 heteroatoms. The zero-order chi connectivity index (χ0) is 15.3. The lowest BCUT2D eigenvalue weighted by atomic mass is 10.1. The summed E-state index contributed by atoms with van der Waals surface area (Å²) in [6.07, 6.45) is 1.73. The van der Waals surface area contributed by atoms with E-state index in [9.17, 15) is 9.59 Å². The van der Waals surface area contributed by atoms with Gasteiger partial charge in [-0.05, 0) is 42.8 Å². The first-order valence-corrected chi connectivity index (χ1v) is 7.00. The number of aryl methyl sites for hydroxylation is 1. The number of imide groups is 1. The molecule has 3 aromatic rings. The summed E-state index contributed by atoms with van der Waals surface area (Å²) in [4.78, 5) is 30.5. The van der Waals surface area contributed by atoms with Gasteiger partial charge in [0.05, 0.1) is 22.3 Å². The van der Waals surface area contributed by atoms with E-state index in [2.05, 4.69) is 4.98 Å². The number of aromatic nitrogens is 1. The second kappa shape index (κ2) is 4.49.